The van der Waals surface area contributed by atoms with E-state index in [1.54, 1.807) is 26.4 Å². The highest BCUT2D eigenvalue weighted by Gasteiger charge is 2.18. The first kappa shape index (κ1) is 13.1. The summed E-state index contributed by atoms with van der Waals surface area (Å²) in [5.74, 6) is 1.85. The molecule has 1 heterocycles. The van der Waals surface area contributed by atoms with Gasteiger partial charge in [0.15, 0.2) is 0 Å². The van der Waals surface area contributed by atoms with Crippen molar-refractivity contribution in [3.63, 3.8) is 0 Å². The molecule has 0 saturated heterocycles. The Hall–Kier alpha value is -2.30. The van der Waals surface area contributed by atoms with Gasteiger partial charge in [-0.1, -0.05) is 6.92 Å². The van der Waals surface area contributed by atoms with Crippen LogP contribution in [0.15, 0.2) is 28.9 Å². The monoisotopic (exact) mass is 260 g/mol. The van der Waals surface area contributed by atoms with E-state index in [0.29, 0.717) is 29.5 Å². The largest absolute Gasteiger partial charge is 0.497 e. The average molecular weight is 260 g/mol. The number of carbonyl (C=O) groups is 1. The maximum atomic E-state index is 11.7. The number of hydrogen-bond acceptors (Lipinski definition) is 4. The van der Waals surface area contributed by atoms with Gasteiger partial charge >= 0.3 is 0 Å². The topological polar surface area (TPSA) is 59.9 Å². The lowest BCUT2D eigenvalue weighted by Gasteiger charge is -2.05. The second kappa shape index (κ2) is 5.56. The first-order chi connectivity index (χ1) is 9.16. The SMILES string of the molecule is CCC1=N/C(=C/c2cc(OC)cc(OC)c2)C(=O)N1. The molecule has 1 aliphatic rings. The van der Waals surface area contributed by atoms with Crippen molar-refractivity contribution >= 4 is 17.8 Å². The maximum Gasteiger partial charge on any atom is 0.275 e. The Kier molecular flexibility index (Phi) is 3.85. The van der Waals surface area contributed by atoms with Crippen molar-refractivity contribution in [1.29, 1.82) is 0 Å². The van der Waals surface area contributed by atoms with Gasteiger partial charge in [0.1, 0.15) is 23.0 Å². The summed E-state index contributed by atoms with van der Waals surface area (Å²) in [6.45, 7) is 1.94. The molecule has 1 aromatic carbocycles. The molecule has 5 heteroatoms. The number of hydrogen-bond donors (Lipinski definition) is 1. The molecule has 0 aromatic heterocycles. The van der Waals surface area contributed by atoms with Gasteiger partial charge in [-0.3, -0.25) is 4.79 Å². The van der Waals surface area contributed by atoms with Gasteiger partial charge in [-0.2, -0.15) is 0 Å². The molecule has 0 aliphatic carbocycles. The Bertz CT molecular complexity index is 540. The fourth-order valence-corrected chi connectivity index (χ4v) is 1.76. The molecule has 0 spiro atoms. The third-order valence-electron chi connectivity index (χ3n) is 2.76. The number of methoxy groups -OCH3 is 2. The van der Waals surface area contributed by atoms with Gasteiger partial charge in [0, 0.05) is 12.5 Å². The average Bonchev–Trinajstić information content (AvgIpc) is 2.79. The molecule has 0 fully saturated rings. The Labute approximate surface area is 111 Å². The Morgan fingerprint density at radius 1 is 1.21 bits per heavy atom. The number of amides is 1. The molecule has 0 saturated carbocycles. The number of carbonyl (C=O) groups excluding carboxylic acids is 1. The first-order valence-corrected chi connectivity index (χ1v) is 6.00. The van der Waals surface area contributed by atoms with Crippen molar-refractivity contribution in [2.75, 3.05) is 14.2 Å². The highest BCUT2D eigenvalue weighted by atomic mass is 16.5. The molecule has 5 nitrogen and oxygen atoms in total. The van der Waals surface area contributed by atoms with Crippen LogP contribution in [0.4, 0.5) is 0 Å². The molecule has 0 bridgehead atoms. The predicted molar refractivity (Wildman–Crippen MR) is 73.4 cm³/mol. The van der Waals surface area contributed by atoms with Gasteiger partial charge in [-0.05, 0) is 23.8 Å². The molecule has 1 aromatic rings. The van der Waals surface area contributed by atoms with Crippen LogP contribution in [-0.4, -0.2) is 26.0 Å². The van der Waals surface area contributed by atoms with E-state index in [1.165, 1.54) is 0 Å². The summed E-state index contributed by atoms with van der Waals surface area (Å²) in [7, 11) is 3.17. The van der Waals surface area contributed by atoms with E-state index in [4.69, 9.17) is 9.47 Å². The van der Waals surface area contributed by atoms with Crippen LogP contribution < -0.4 is 14.8 Å². The summed E-state index contributed by atoms with van der Waals surface area (Å²) in [6, 6.07) is 5.42. The summed E-state index contributed by atoms with van der Waals surface area (Å²) in [4.78, 5) is 15.9. The number of aliphatic imine (C=N–C) groups is 1. The number of rotatable bonds is 4. The highest BCUT2D eigenvalue weighted by Crippen LogP contribution is 2.24. The van der Waals surface area contributed by atoms with E-state index in [1.807, 2.05) is 19.1 Å². The van der Waals surface area contributed by atoms with Gasteiger partial charge in [0.25, 0.3) is 5.91 Å². The molecule has 2 rings (SSSR count). The van der Waals surface area contributed by atoms with Gasteiger partial charge < -0.3 is 14.8 Å². The highest BCUT2D eigenvalue weighted by molar-refractivity contribution is 6.14. The number of benzene rings is 1. The van der Waals surface area contributed by atoms with E-state index in [2.05, 4.69) is 10.3 Å². The lowest BCUT2D eigenvalue weighted by atomic mass is 10.1. The maximum absolute atomic E-state index is 11.7. The molecule has 1 aliphatic heterocycles. The van der Waals surface area contributed by atoms with Crippen LogP contribution in [0, 0.1) is 0 Å². The second-order valence-electron chi connectivity index (χ2n) is 4.04. The van der Waals surface area contributed by atoms with Crippen molar-refractivity contribution in [1.82, 2.24) is 5.32 Å². The lowest BCUT2D eigenvalue weighted by molar-refractivity contribution is -0.115. The van der Waals surface area contributed by atoms with E-state index in [0.717, 1.165) is 5.56 Å². The van der Waals surface area contributed by atoms with E-state index in [-0.39, 0.29) is 5.91 Å². The predicted octanol–water partition coefficient (Wildman–Crippen LogP) is 1.98. The zero-order valence-corrected chi connectivity index (χ0v) is 11.2. The van der Waals surface area contributed by atoms with Crippen LogP contribution in [0.1, 0.15) is 18.9 Å². The van der Waals surface area contributed by atoms with Crippen LogP contribution in [-0.2, 0) is 4.79 Å². The molecule has 1 N–H and O–H groups in total. The Balaban J connectivity index is 2.37. The number of ether oxygens (including phenoxy) is 2. The molecule has 0 atom stereocenters. The summed E-state index contributed by atoms with van der Waals surface area (Å²) in [5, 5.41) is 2.71. The van der Waals surface area contributed by atoms with Crippen molar-refractivity contribution in [3.05, 3.63) is 29.5 Å². The van der Waals surface area contributed by atoms with E-state index >= 15 is 0 Å². The fourth-order valence-electron chi connectivity index (χ4n) is 1.76. The fraction of sp³-hybridized carbons (Fsp3) is 0.286. The smallest absolute Gasteiger partial charge is 0.275 e. The van der Waals surface area contributed by atoms with Crippen LogP contribution >= 0.6 is 0 Å². The van der Waals surface area contributed by atoms with Crippen LogP contribution in [0.25, 0.3) is 6.08 Å². The molecule has 19 heavy (non-hydrogen) atoms. The minimum Gasteiger partial charge on any atom is -0.497 e. The Morgan fingerprint density at radius 3 is 2.32 bits per heavy atom. The third-order valence-corrected chi connectivity index (χ3v) is 2.76. The summed E-state index contributed by atoms with van der Waals surface area (Å²) in [6.07, 6.45) is 2.41. The Morgan fingerprint density at radius 2 is 1.84 bits per heavy atom. The van der Waals surface area contributed by atoms with E-state index in [9.17, 15) is 4.79 Å². The van der Waals surface area contributed by atoms with Gasteiger partial charge in [-0.25, -0.2) is 4.99 Å². The first-order valence-electron chi connectivity index (χ1n) is 6.00. The van der Waals surface area contributed by atoms with Crippen LogP contribution in [0.2, 0.25) is 0 Å². The number of amidine groups is 1. The molecule has 0 unspecified atom stereocenters. The molecule has 1 amide bonds. The normalized spacial score (nSPS) is 16.3. The van der Waals surface area contributed by atoms with Crippen LogP contribution in [0.3, 0.4) is 0 Å². The lowest BCUT2D eigenvalue weighted by Crippen LogP contribution is -2.22. The van der Waals surface area contributed by atoms with Gasteiger partial charge in [-0.15, -0.1) is 0 Å². The van der Waals surface area contributed by atoms with Gasteiger partial charge in [0.2, 0.25) is 0 Å². The van der Waals surface area contributed by atoms with Crippen molar-refractivity contribution in [3.8, 4) is 11.5 Å². The zero-order chi connectivity index (χ0) is 13.8. The van der Waals surface area contributed by atoms with Crippen LogP contribution in [0.5, 0.6) is 11.5 Å². The quantitative estimate of drug-likeness (QED) is 0.842. The van der Waals surface area contributed by atoms with Gasteiger partial charge in [0.05, 0.1) is 14.2 Å². The molecular weight excluding hydrogens is 244 g/mol. The summed E-state index contributed by atoms with van der Waals surface area (Å²) in [5.41, 5.74) is 1.20. The third kappa shape index (κ3) is 2.93. The number of nitrogens with one attached hydrogen (secondary N) is 1. The minimum atomic E-state index is -0.182. The molecule has 0 radical (unpaired) electrons. The van der Waals surface area contributed by atoms with Crippen molar-refractivity contribution in [2.24, 2.45) is 4.99 Å². The summed E-state index contributed by atoms with van der Waals surface area (Å²) < 4.78 is 10.4. The summed E-state index contributed by atoms with van der Waals surface area (Å²) >= 11 is 0. The zero-order valence-electron chi connectivity index (χ0n) is 11.2. The molecular formula is C14H16N2O3. The van der Waals surface area contributed by atoms with Crippen molar-refractivity contribution < 1.29 is 14.3 Å². The standard InChI is InChI=1S/C14H16N2O3/c1-4-13-15-12(14(17)16-13)7-9-5-10(18-2)8-11(6-9)19-3/h5-8H,4H2,1-3H3,(H,15,16,17)/b12-7+. The second-order valence-corrected chi connectivity index (χ2v) is 4.04. The molecule has 100 valence electrons. The number of nitrogens with zero attached hydrogens (tertiary/aromatic N) is 1. The van der Waals surface area contributed by atoms with E-state index < -0.39 is 0 Å². The minimum absolute atomic E-state index is 0.182. The van der Waals surface area contributed by atoms with Crippen molar-refractivity contribution in [2.45, 2.75) is 13.3 Å².